The molecule has 114 valence electrons. The van der Waals surface area contributed by atoms with Gasteiger partial charge in [-0.15, -0.1) is 10.2 Å². The molecule has 1 fully saturated rings. The van der Waals surface area contributed by atoms with Crippen LogP contribution in [0.5, 0.6) is 0 Å². The molecular weight excluding hydrogens is 283 g/mol. The fourth-order valence-corrected chi connectivity index (χ4v) is 2.43. The van der Waals surface area contributed by atoms with Gasteiger partial charge in [-0.3, -0.25) is 4.79 Å². The van der Waals surface area contributed by atoms with E-state index in [9.17, 15) is 9.18 Å². The van der Waals surface area contributed by atoms with Crippen LogP contribution in [0, 0.1) is 12.7 Å². The first-order valence-electron chi connectivity index (χ1n) is 7.30. The van der Waals surface area contributed by atoms with Crippen molar-refractivity contribution in [3.63, 3.8) is 0 Å². The van der Waals surface area contributed by atoms with Crippen molar-refractivity contribution in [2.75, 3.05) is 23.3 Å². The first kappa shape index (κ1) is 14.4. The summed E-state index contributed by atoms with van der Waals surface area (Å²) in [5, 5.41) is 10.7. The summed E-state index contributed by atoms with van der Waals surface area (Å²) in [6.45, 7) is 3.62. The van der Waals surface area contributed by atoms with Gasteiger partial charge in [0.05, 0.1) is 0 Å². The molecule has 22 heavy (non-hydrogen) atoms. The molecule has 1 amide bonds. The Hall–Kier alpha value is -2.50. The van der Waals surface area contributed by atoms with E-state index in [1.54, 1.807) is 31.2 Å². The van der Waals surface area contributed by atoms with Crippen LogP contribution in [0.25, 0.3) is 0 Å². The zero-order valence-electron chi connectivity index (χ0n) is 12.3. The maximum Gasteiger partial charge on any atom is 0.276 e. The van der Waals surface area contributed by atoms with Gasteiger partial charge in [0.2, 0.25) is 0 Å². The lowest BCUT2D eigenvalue weighted by atomic mass is 10.2. The zero-order chi connectivity index (χ0) is 15.5. The number of hydrogen-bond donors (Lipinski definition) is 1. The summed E-state index contributed by atoms with van der Waals surface area (Å²) in [6, 6.07) is 8.00. The average molecular weight is 300 g/mol. The van der Waals surface area contributed by atoms with E-state index < -0.39 is 5.91 Å². The largest absolute Gasteiger partial charge is 0.355 e. The molecule has 0 saturated carbocycles. The second kappa shape index (κ2) is 6.09. The molecule has 0 aliphatic carbocycles. The number of carbonyl (C=O) groups is 1. The van der Waals surface area contributed by atoms with E-state index in [1.807, 2.05) is 0 Å². The molecule has 1 aromatic carbocycles. The van der Waals surface area contributed by atoms with Crippen LogP contribution < -0.4 is 10.2 Å². The lowest BCUT2D eigenvalue weighted by Gasteiger charge is -2.15. The van der Waals surface area contributed by atoms with Crippen molar-refractivity contribution in [3.8, 4) is 0 Å². The predicted octanol–water partition coefficient (Wildman–Crippen LogP) is 2.78. The summed E-state index contributed by atoms with van der Waals surface area (Å²) in [7, 11) is 0. The van der Waals surface area contributed by atoms with Gasteiger partial charge in [0, 0.05) is 18.8 Å². The summed E-state index contributed by atoms with van der Waals surface area (Å²) < 4.78 is 13.5. The number of anilines is 2. The van der Waals surface area contributed by atoms with Gasteiger partial charge in [0.25, 0.3) is 5.91 Å². The van der Waals surface area contributed by atoms with Crippen molar-refractivity contribution in [1.82, 2.24) is 10.2 Å². The molecule has 1 aromatic heterocycles. The third-order valence-corrected chi connectivity index (χ3v) is 3.74. The van der Waals surface area contributed by atoms with Crippen LogP contribution in [0.4, 0.5) is 15.9 Å². The fraction of sp³-hybridized carbons (Fsp3) is 0.312. The zero-order valence-corrected chi connectivity index (χ0v) is 12.3. The Labute approximate surface area is 128 Å². The van der Waals surface area contributed by atoms with Gasteiger partial charge in [-0.25, -0.2) is 4.39 Å². The van der Waals surface area contributed by atoms with Crippen molar-refractivity contribution >= 4 is 17.4 Å². The molecule has 5 nitrogen and oxygen atoms in total. The van der Waals surface area contributed by atoms with Crippen molar-refractivity contribution in [2.24, 2.45) is 0 Å². The molecule has 3 rings (SSSR count). The minimum absolute atomic E-state index is 0.212. The number of halogens is 1. The maximum atomic E-state index is 13.5. The second-order valence-electron chi connectivity index (χ2n) is 5.39. The summed E-state index contributed by atoms with van der Waals surface area (Å²) in [5.41, 5.74) is 1.15. The van der Waals surface area contributed by atoms with E-state index in [4.69, 9.17) is 0 Å². The third kappa shape index (κ3) is 3.05. The highest BCUT2D eigenvalue weighted by Crippen LogP contribution is 2.17. The lowest BCUT2D eigenvalue weighted by molar-refractivity contribution is 0.102. The van der Waals surface area contributed by atoms with Gasteiger partial charge in [-0.05, 0) is 49.6 Å². The van der Waals surface area contributed by atoms with E-state index in [-0.39, 0.29) is 11.5 Å². The van der Waals surface area contributed by atoms with Gasteiger partial charge in [-0.2, -0.15) is 0 Å². The molecule has 0 spiro atoms. The molecule has 6 heteroatoms. The monoisotopic (exact) mass is 300 g/mol. The minimum atomic E-state index is -0.399. The molecule has 0 bridgehead atoms. The van der Waals surface area contributed by atoms with Gasteiger partial charge in [0.15, 0.2) is 11.5 Å². The van der Waals surface area contributed by atoms with Gasteiger partial charge in [0.1, 0.15) is 5.82 Å². The number of aromatic nitrogens is 2. The van der Waals surface area contributed by atoms with Crippen LogP contribution >= 0.6 is 0 Å². The number of rotatable bonds is 3. The van der Waals surface area contributed by atoms with E-state index in [2.05, 4.69) is 20.4 Å². The van der Waals surface area contributed by atoms with Crippen LogP contribution in [0.15, 0.2) is 30.3 Å². The van der Waals surface area contributed by atoms with Gasteiger partial charge < -0.3 is 10.2 Å². The molecule has 1 aliphatic heterocycles. The van der Waals surface area contributed by atoms with Crippen LogP contribution in [0.2, 0.25) is 0 Å². The van der Waals surface area contributed by atoms with Gasteiger partial charge in [-0.1, -0.05) is 6.07 Å². The highest BCUT2D eigenvalue weighted by atomic mass is 19.1. The van der Waals surface area contributed by atoms with Crippen LogP contribution in [-0.2, 0) is 0 Å². The van der Waals surface area contributed by atoms with Crippen LogP contribution in [-0.4, -0.2) is 29.2 Å². The molecule has 1 N–H and O–H groups in total. The minimum Gasteiger partial charge on any atom is -0.355 e. The number of nitrogens with one attached hydrogen (secondary N) is 1. The van der Waals surface area contributed by atoms with Crippen molar-refractivity contribution in [1.29, 1.82) is 0 Å². The molecule has 0 radical (unpaired) electrons. The molecular formula is C16H17FN4O. The molecule has 1 aliphatic rings. The van der Waals surface area contributed by atoms with Crippen molar-refractivity contribution < 1.29 is 9.18 Å². The standard InChI is InChI=1S/C16H17FN4O/c1-11-4-5-12(10-13(11)17)18-16(22)14-6-7-15(20-19-14)21-8-2-3-9-21/h4-7,10H,2-3,8-9H2,1H3,(H,18,22). The normalized spacial score (nSPS) is 14.2. The molecule has 2 heterocycles. The number of hydrogen-bond acceptors (Lipinski definition) is 4. The summed E-state index contributed by atoms with van der Waals surface area (Å²) in [6.07, 6.45) is 2.31. The quantitative estimate of drug-likeness (QED) is 0.947. The highest BCUT2D eigenvalue weighted by Gasteiger charge is 2.15. The Morgan fingerprint density at radius 3 is 2.59 bits per heavy atom. The number of carbonyl (C=O) groups excluding carboxylic acids is 1. The fourth-order valence-electron chi connectivity index (χ4n) is 2.43. The second-order valence-corrected chi connectivity index (χ2v) is 5.39. The third-order valence-electron chi connectivity index (χ3n) is 3.74. The van der Waals surface area contributed by atoms with Crippen LogP contribution in [0.1, 0.15) is 28.9 Å². The highest BCUT2D eigenvalue weighted by molar-refractivity contribution is 6.02. The van der Waals surface area contributed by atoms with E-state index >= 15 is 0 Å². The molecule has 2 aromatic rings. The Morgan fingerprint density at radius 2 is 1.95 bits per heavy atom. The SMILES string of the molecule is Cc1ccc(NC(=O)c2ccc(N3CCCC3)nn2)cc1F. The van der Waals surface area contributed by atoms with Crippen LogP contribution in [0.3, 0.4) is 0 Å². The first-order valence-corrected chi connectivity index (χ1v) is 7.30. The van der Waals surface area contributed by atoms with Gasteiger partial charge >= 0.3 is 0 Å². The van der Waals surface area contributed by atoms with E-state index in [0.29, 0.717) is 11.3 Å². The summed E-state index contributed by atoms with van der Waals surface area (Å²) in [5.74, 6) is 0.0346. The smallest absolute Gasteiger partial charge is 0.276 e. The lowest BCUT2D eigenvalue weighted by Crippen LogP contribution is -2.21. The van der Waals surface area contributed by atoms with Crippen molar-refractivity contribution in [3.05, 3.63) is 47.4 Å². The Morgan fingerprint density at radius 1 is 1.18 bits per heavy atom. The Bertz CT molecular complexity index is 681. The maximum absolute atomic E-state index is 13.5. The number of amides is 1. The number of benzene rings is 1. The molecule has 0 unspecified atom stereocenters. The summed E-state index contributed by atoms with van der Waals surface area (Å²) in [4.78, 5) is 14.2. The molecule has 1 saturated heterocycles. The topological polar surface area (TPSA) is 58.1 Å². The summed E-state index contributed by atoms with van der Waals surface area (Å²) >= 11 is 0. The van der Waals surface area contributed by atoms with E-state index in [1.165, 1.54) is 6.07 Å². The number of aryl methyl sites for hydroxylation is 1. The Kier molecular flexibility index (Phi) is 4.00. The average Bonchev–Trinajstić information content (AvgIpc) is 3.05. The predicted molar refractivity (Wildman–Crippen MR) is 82.6 cm³/mol. The van der Waals surface area contributed by atoms with E-state index in [0.717, 1.165) is 31.7 Å². The molecule has 0 atom stereocenters. The number of nitrogens with zero attached hydrogens (tertiary/aromatic N) is 3. The first-order chi connectivity index (χ1) is 10.6. The van der Waals surface area contributed by atoms with Crippen molar-refractivity contribution in [2.45, 2.75) is 19.8 Å². The Balaban J connectivity index is 1.70.